The normalized spacial score (nSPS) is 33.9. The minimum atomic E-state index is -3.47. The van der Waals surface area contributed by atoms with E-state index in [-0.39, 0.29) is 22.9 Å². The summed E-state index contributed by atoms with van der Waals surface area (Å²) in [5.41, 5.74) is 0.690. The molecule has 4 saturated carbocycles. The molecule has 2 N–H and O–H groups in total. The zero-order valence-corrected chi connectivity index (χ0v) is 17.7. The summed E-state index contributed by atoms with van der Waals surface area (Å²) in [6, 6.07) is 6.64. The number of amides is 1. The molecule has 1 aromatic carbocycles. The number of nitrogens with zero attached hydrogens (tertiary/aromatic N) is 1. The lowest BCUT2D eigenvalue weighted by Crippen LogP contribution is -2.59. The molecule has 6 nitrogen and oxygen atoms in total. The van der Waals surface area contributed by atoms with Gasteiger partial charge in [0.05, 0.1) is 11.4 Å². The van der Waals surface area contributed by atoms with Gasteiger partial charge in [-0.3, -0.25) is 4.79 Å². The summed E-state index contributed by atoms with van der Waals surface area (Å²) in [6.45, 7) is 1.44. The van der Waals surface area contributed by atoms with Crippen molar-refractivity contribution in [1.82, 2.24) is 9.62 Å². The van der Waals surface area contributed by atoms with Crippen LogP contribution in [0.3, 0.4) is 0 Å². The summed E-state index contributed by atoms with van der Waals surface area (Å²) in [6.07, 6.45) is 9.57. The van der Waals surface area contributed by atoms with Crippen molar-refractivity contribution in [3.8, 4) is 0 Å². The maximum absolute atomic E-state index is 12.8. The van der Waals surface area contributed by atoms with Gasteiger partial charge in [-0.25, -0.2) is 8.42 Å². The molecule has 7 heteroatoms. The molecule has 158 valence electrons. The third-order valence-electron chi connectivity index (χ3n) is 7.48. The van der Waals surface area contributed by atoms with Gasteiger partial charge in [0.2, 0.25) is 15.9 Å². The highest BCUT2D eigenvalue weighted by Crippen LogP contribution is 2.55. The Morgan fingerprint density at radius 1 is 1.03 bits per heavy atom. The molecule has 1 amide bonds. The molecule has 29 heavy (non-hydrogen) atoms. The van der Waals surface area contributed by atoms with Crippen LogP contribution < -0.4 is 10.6 Å². The lowest BCUT2D eigenvalue weighted by atomic mass is 9.53. The molecular formula is C22H31N3O3S. The molecule has 1 aromatic rings. The Morgan fingerprint density at radius 2 is 1.66 bits per heavy atom. The van der Waals surface area contributed by atoms with Gasteiger partial charge in [0.1, 0.15) is 0 Å². The van der Waals surface area contributed by atoms with Gasteiger partial charge >= 0.3 is 0 Å². The first-order valence-electron chi connectivity index (χ1n) is 11.1. The first-order chi connectivity index (χ1) is 13.9. The summed E-state index contributed by atoms with van der Waals surface area (Å²) in [4.78, 5) is 12.8. The van der Waals surface area contributed by atoms with Crippen molar-refractivity contribution in [3.63, 3.8) is 0 Å². The second-order valence-corrected chi connectivity index (χ2v) is 11.7. The van der Waals surface area contributed by atoms with E-state index in [0.717, 1.165) is 30.6 Å². The Morgan fingerprint density at radius 3 is 2.28 bits per heavy atom. The van der Waals surface area contributed by atoms with E-state index >= 15 is 0 Å². The zero-order valence-electron chi connectivity index (χ0n) is 16.9. The van der Waals surface area contributed by atoms with Crippen LogP contribution >= 0.6 is 0 Å². The molecule has 5 fully saturated rings. The second-order valence-electron chi connectivity index (χ2n) is 9.74. The van der Waals surface area contributed by atoms with Crippen LogP contribution in [-0.2, 0) is 14.8 Å². The molecule has 1 saturated heterocycles. The fourth-order valence-electron chi connectivity index (χ4n) is 6.61. The third kappa shape index (κ3) is 3.84. The zero-order chi connectivity index (χ0) is 20.1. The highest BCUT2D eigenvalue weighted by atomic mass is 32.2. The van der Waals surface area contributed by atoms with E-state index in [0.29, 0.717) is 18.8 Å². The maximum Gasteiger partial charge on any atom is 0.243 e. The summed E-state index contributed by atoms with van der Waals surface area (Å²) in [5.74, 6) is 2.41. The quantitative estimate of drug-likeness (QED) is 0.746. The van der Waals surface area contributed by atoms with Gasteiger partial charge in [0, 0.05) is 24.3 Å². The SMILES string of the molecule is O=C(CNC12CC3CC(CC(C3)C1)C2)Nc1cccc(S(=O)(=O)N2CCCC2)c1. The number of anilines is 1. The van der Waals surface area contributed by atoms with E-state index in [1.165, 1.54) is 42.8 Å². The van der Waals surface area contributed by atoms with Crippen LogP contribution in [0.25, 0.3) is 0 Å². The summed E-state index contributed by atoms with van der Waals surface area (Å²) >= 11 is 0. The molecule has 1 heterocycles. The van der Waals surface area contributed by atoms with Gasteiger partial charge in [-0.2, -0.15) is 4.31 Å². The van der Waals surface area contributed by atoms with Crippen molar-refractivity contribution in [2.75, 3.05) is 25.0 Å². The second kappa shape index (κ2) is 7.36. The number of nitrogens with one attached hydrogen (secondary N) is 2. The molecule has 0 spiro atoms. The number of hydrogen-bond acceptors (Lipinski definition) is 4. The Balaban J connectivity index is 1.21. The Labute approximate surface area is 173 Å². The summed E-state index contributed by atoms with van der Waals surface area (Å²) < 4.78 is 27.0. The van der Waals surface area contributed by atoms with Gasteiger partial charge in [-0.15, -0.1) is 0 Å². The maximum atomic E-state index is 12.8. The molecule has 0 unspecified atom stereocenters. The van der Waals surface area contributed by atoms with Crippen LogP contribution in [0.2, 0.25) is 0 Å². The minimum Gasteiger partial charge on any atom is -0.325 e. The van der Waals surface area contributed by atoms with Crippen molar-refractivity contribution < 1.29 is 13.2 Å². The Bertz CT molecular complexity index is 857. The van der Waals surface area contributed by atoms with E-state index in [1.807, 2.05) is 0 Å². The van der Waals surface area contributed by atoms with E-state index in [4.69, 9.17) is 0 Å². The van der Waals surface area contributed by atoms with Crippen molar-refractivity contribution in [1.29, 1.82) is 0 Å². The smallest absolute Gasteiger partial charge is 0.243 e. The molecule has 4 aliphatic carbocycles. The predicted molar refractivity (Wildman–Crippen MR) is 112 cm³/mol. The van der Waals surface area contributed by atoms with Crippen LogP contribution in [0, 0.1) is 17.8 Å². The van der Waals surface area contributed by atoms with Crippen molar-refractivity contribution in [3.05, 3.63) is 24.3 Å². The molecule has 5 aliphatic rings. The number of hydrogen-bond donors (Lipinski definition) is 2. The summed E-state index contributed by atoms with van der Waals surface area (Å²) in [5, 5.41) is 6.49. The molecular weight excluding hydrogens is 386 g/mol. The minimum absolute atomic E-state index is 0.100. The fourth-order valence-corrected chi connectivity index (χ4v) is 8.18. The standard InChI is InChI=1S/C22H31N3O3S/c26-21(15-23-22-12-16-8-17(13-22)10-18(9-16)14-22)24-19-4-3-5-20(11-19)29(27,28)25-6-1-2-7-25/h3-5,11,16-18,23H,1-2,6-10,12-15H2,(H,24,26). The number of rotatable bonds is 6. The van der Waals surface area contributed by atoms with Gasteiger partial charge in [0.15, 0.2) is 0 Å². The number of benzene rings is 1. The van der Waals surface area contributed by atoms with Crippen LogP contribution in [0.4, 0.5) is 5.69 Å². The first kappa shape index (κ1) is 19.5. The topological polar surface area (TPSA) is 78.5 Å². The fraction of sp³-hybridized carbons (Fsp3) is 0.682. The largest absolute Gasteiger partial charge is 0.325 e. The third-order valence-corrected chi connectivity index (χ3v) is 9.38. The van der Waals surface area contributed by atoms with Gasteiger partial charge in [0.25, 0.3) is 0 Å². The lowest BCUT2D eigenvalue weighted by molar-refractivity contribution is -0.116. The van der Waals surface area contributed by atoms with Crippen LogP contribution in [0.1, 0.15) is 51.4 Å². The van der Waals surface area contributed by atoms with Gasteiger partial charge in [-0.1, -0.05) is 6.07 Å². The van der Waals surface area contributed by atoms with E-state index < -0.39 is 10.0 Å². The summed E-state index contributed by atoms with van der Waals surface area (Å²) in [7, 11) is -3.47. The lowest BCUT2D eigenvalue weighted by Gasteiger charge is -2.57. The molecule has 6 rings (SSSR count). The monoisotopic (exact) mass is 417 g/mol. The van der Waals surface area contributed by atoms with Crippen molar-refractivity contribution in [2.24, 2.45) is 17.8 Å². The number of sulfonamides is 1. The van der Waals surface area contributed by atoms with E-state index in [9.17, 15) is 13.2 Å². The average molecular weight is 418 g/mol. The molecule has 1 aliphatic heterocycles. The number of carbonyl (C=O) groups excluding carboxylic acids is 1. The molecule has 4 bridgehead atoms. The van der Waals surface area contributed by atoms with Gasteiger partial charge in [-0.05, 0) is 87.3 Å². The Hall–Kier alpha value is -1.44. The van der Waals surface area contributed by atoms with Crippen LogP contribution in [0.5, 0.6) is 0 Å². The molecule has 0 radical (unpaired) electrons. The van der Waals surface area contributed by atoms with Gasteiger partial charge < -0.3 is 10.6 Å². The first-order valence-corrected chi connectivity index (χ1v) is 12.5. The highest BCUT2D eigenvalue weighted by molar-refractivity contribution is 7.89. The average Bonchev–Trinajstić information content (AvgIpc) is 3.21. The number of carbonyl (C=O) groups is 1. The Kier molecular flexibility index (Phi) is 4.95. The van der Waals surface area contributed by atoms with Crippen LogP contribution in [-0.4, -0.2) is 43.8 Å². The molecule has 0 aromatic heterocycles. The van der Waals surface area contributed by atoms with E-state index in [2.05, 4.69) is 10.6 Å². The van der Waals surface area contributed by atoms with Crippen molar-refractivity contribution in [2.45, 2.75) is 61.8 Å². The van der Waals surface area contributed by atoms with E-state index in [1.54, 1.807) is 24.3 Å². The molecule has 0 atom stereocenters. The van der Waals surface area contributed by atoms with Crippen molar-refractivity contribution >= 4 is 21.6 Å². The van der Waals surface area contributed by atoms with Crippen LogP contribution in [0.15, 0.2) is 29.2 Å². The highest BCUT2D eigenvalue weighted by Gasteiger charge is 2.50. The predicted octanol–water partition coefficient (Wildman–Crippen LogP) is 2.97.